The Morgan fingerprint density at radius 1 is 1.29 bits per heavy atom. The van der Waals surface area contributed by atoms with E-state index in [1.165, 1.54) is 62.1 Å². The number of nitrogens with zero attached hydrogens (tertiary/aromatic N) is 2. The van der Waals surface area contributed by atoms with E-state index >= 15 is 0 Å². The van der Waals surface area contributed by atoms with Crippen LogP contribution in [0.3, 0.4) is 0 Å². The molecule has 3 rings (SSSR count). The molecule has 1 saturated carbocycles. The fourth-order valence-corrected chi connectivity index (χ4v) is 3.45. The van der Waals surface area contributed by atoms with Gasteiger partial charge in [-0.25, -0.2) is 4.98 Å². The maximum atomic E-state index is 4.91. The fraction of sp³-hybridized carbons (Fsp3) is 0.722. The van der Waals surface area contributed by atoms with E-state index in [0.717, 1.165) is 24.2 Å². The van der Waals surface area contributed by atoms with Crippen LogP contribution in [0.4, 0.5) is 5.82 Å². The lowest BCUT2D eigenvalue weighted by Crippen LogP contribution is -2.37. The van der Waals surface area contributed by atoms with Gasteiger partial charge in [0.05, 0.1) is 0 Å². The van der Waals surface area contributed by atoms with Crippen molar-refractivity contribution in [1.29, 1.82) is 0 Å². The van der Waals surface area contributed by atoms with Crippen molar-refractivity contribution < 1.29 is 0 Å². The van der Waals surface area contributed by atoms with Gasteiger partial charge in [0.2, 0.25) is 0 Å². The minimum absolute atomic E-state index is 0.753. The van der Waals surface area contributed by atoms with Crippen LogP contribution in [0.2, 0.25) is 0 Å². The van der Waals surface area contributed by atoms with Crippen LogP contribution in [0.15, 0.2) is 6.07 Å². The summed E-state index contributed by atoms with van der Waals surface area (Å²) in [5.41, 5.74) is 3.96. The molecule has 1 N–H and O–H groups in total. The zero-order chi connectivity index (χ0) is 14.8. The van der Waals surface area contributed by atoms with Gasteiger partial charge in [-0.15, -0.1) is 0 Å². The lowest BCUT2D eigenvalue weighted by Gasteiger charge is -2.35. The quantitative estimate of drug-likeness (QED) is 0.897. The van der Waals surface area contributed by atoms with Crippen LogP contribution in [-0.4, -0.2) is 24.1 Å². The summed E-state index contributed by atoms with van der Waals surface area (Å²) in [6.07, 6.45) is 6.66. The third-order valence-corrected chi connectivity index (χ3v) is 4.99. The summed E-state index contributed by atoms with van der Waals surface area (Å²) < 4.78 is 0. The molecule has 0 spiro atoms. The van der Waals surface area contributed by atoms with Gasteiger partial charge < -0.3 is 10.2 Å². The molecule has 0 aromatic carbocycles. The standard InChI is InChI=1S/C18H29N3/c1-4-15-6-5-9-21(12-15)18-17(11-19-16-7-8-16)13(2)10-14(3)20-18/h10,15-16,19H,4-9,11-12H2,1-3H3. The van der Waals surface area contributed by atoms with E-state index in [4.69, 9.17) is 4.98 Å². The number of rotatable bonds is 5. The number of hydrogen-bond acceptors (Lipinski definition) is 3. The van der Waals surface area contributed by atoms with Crippen LogP contribution < -0.4 is 10.2 Å². The molecule has 2 aliphatic rings. The molecule has 1 aromatic heterocycles. The van der Waals surface area contributed by atoms with Gasteiger partial charge in [0.1, 0.15) is 5.82 Å². The fourth-order valence-electron chi connectivity index (χ4n) is 3.45. The molecule has 1 atom stereocenters. The molecular weight excluding hydrogens is 258 g/mol. The van der Waals surface area contributed by atoms with Crippen molar-refractivity contribution in [2.45, 2.75) is 65.5 Å². The topological polar surface area (TPSA) is 28.2 Å². The van der Waals surface area contributed by atoms with Gasteiger partial charge in [0.25, 0.3) is 0 Å². The van der Waals surface area contributed by atoms with Crippen molar-refractivity contribution in [1.82, 2.24) is 10.3 Å². The average Bonchev–Trinajstić information content (AvgIpc) is 3.30. The van der Waals surface area contributed by atoms with E-state index in [2.05, 4.69) is 37.1 Å². The Kier molecular flexibility index (Phi) is 4.48. The normalized spacial score (nSPS) is 22.6. The summed E-state index contributed by atoms with van der Waals surface area (Å²) in [6.45, 7) is 10.0. The van der Waals surface area contributed by atoms with Crippen molar-refractivity contribution in [3.63, 3.8) is 0 Å². The highest BCUT2D eigenvalue weighted by Crippen LogP contribution is 2.29. The van der Waals surface area contributed by atoms with Gasteiger partial charge in [-0.3, -0.25) is 0 Å². The Morgan fingerprint density at radius 3 is 2.81 bits per heavy atom. The van der Waals surface area contributed by atoms with E-state index in [9.17, 15) is 0 Å². The summed E-state index contributed by atoms with van der Waals surface area (Å²) in [6, 6.07) is 2.98. The second-order valence-electron chi connectivity index (χ2n) is 6.90. The van der Waals surface area contributed by atoms with Crippen LogP contribution in [0.1, 0.15) is 55.8 Å². The van der Waals surface area contributed by atoms with Crippen LogP contribution in [0, 0.1) is 19.8 Å². The van der Waals surface area contributed by atoms with Crippen LogP contribution in [0.25, 0.3) is 0 Å². The predicted molar refractivity (Wildman–Crippen MR) is 88.8 cm³/mol. The highest BCUT2D eigenvalue weighted by molar-refractivity contribution is 5.52. The Labute approximate surface area is 129 Å². The van der Waals surface area contributed by atoms with Crippen LogP contribution in [-0.2, 0) is 6.54 Å². The number of anilines is 1. The number of aromatic nitrogens is 1. The summed E-state index contributed by atoms with van der Waals surface area (Å²) in [7, 11) is 0. The minimum atomic E-state index is 0.753. The first kappa shape index (κ1) is 14.8. The smallest absolute Gasteiger partial charge is 0.133 e. The molecule has 2 fully saturated rings. The highest BCUT2D eigenvalue weighted by Gasteiger charge is 2.25. The first-order chi connectivity index (χ1) is 10.2. The van der Waals surface area contributed by atoms with E-state index in [1.54, 1.807) is 0 Å². The van der Waals surface area contributed by atoms with Gasteiger partial charge in [-0.05, 0) is 57.1 Å². The van der Waals surface area contributed by atoms with E-state index in [1.807, 2.05) is 0 Å². The molecule has 0 bridgehead atoms. The van der Waals surface area contributed by atoms with E-state index in [-0.39, 0.29) is 0 Å². The molecule has 2 heterocycles. The first-order valence-corrected chi connectivity index (χ1v) is 8.62. The van der Waals surface area contributed by atoms with E-state index < -0.39 is 0 Å². The monoisotopic (exact) mass is 287 g/mol. The molecule has 21 heavy (non-hydrogen) atoms. The van der Waals surface area contributed by atoms with Gasteiger partial charge in [-0.1, -0.05) is 13.3 Å². The molecule has 0 radical (unpaired) electrons. The van der Waals surface area contributed by atoms with Crippen molar-refractivity contribution in [3.8, 4) is 0 Å². The first-order valence-electron chi connectivity index (χ1n) is 8.62. The maximum Gasteiger partial charge on any atom is 0.133 e. The second kappa shape index (κ2) is 6.35. The summed E-state index contributed by atoms with van der Waals surface area (Å²) in [5, 5.41) is 3.67. The molecule has 1 aromatic rings. The molecule has 1 saturated heterocycles. The zero-order valence-corrected chi connectivity index (χ0v) is 13.8. The highest BCUT2D eigenvalue weighted by atomic mass is 15.2. The molecule has 3 nitrogen and oxygen atoms in total. The van der Waals surface area contributed by atoms with Crippen molar-refractivity contribution >= 4 is 5.82 Å². The second-order valence-corrected chi connectivity index (χ2v) is 6.90. The van der Waals surface area contributed by atoms with Gasteiger partial charge in [0, 0.05) is 36.9 Å². The number of aryl methyl sites for hydroxylation is 2. The van der Waals surface area contributed by atoms with Crippen molar-refractivity contribution in [2.24, 2.45) is 5.92 Å². The van der Waals surface area contributed by atoms with Crippen molar-refractivity contribution in [3.05, 3.63) is 22.9 Å². The number of hydrogen-bond donors (Lipinski definition) is 1. The minimum Gasteiger partial charge on any atom is -0.356 e. The van der Waals surface area contributed by atoms with Crippen LogP contribution in [0.5, 0.6) is 0 Å². The van der Waals surface area contributed by atoms with Crippen LogP contribution >= 0.6 is 0 Å². The summed E-state index contributed by atoms with van der Waals surface area (Å²) >= 11 is 0. The molecule has 0 amide bonds. The van der Waals surface area contributed by atoms with Gasteiger partial charge in [0.15, 0.2) is 0 Å². The lowest BCUT2D eigenvalue weighted by atomic mass is 9.95. The third kappa shape index (κ3) is 3.57. The van der Waals surface area contributed by atoms with Gasteiger partial charge >= 0.3 is 0 Å². The average molecular weight is 287 g/mol. The largest absolute Gasteiger partial charge is 0.356 e. The van der Waals surface area contributed by atoms with Gasteiger partial charge in [-0.2, -0.15) is 0 Å². The number of nitrogens with one attached hydrogen (secondary N) is 1. The Morgan fingerprint density at radius 2 is 2.10 bits per heavy atom. The maximum absolute atomic E-state index is 4.91. The molecule has 116 valence electrons. The Hall–Kier alpha value is -1.09. The zero-order valence-electron chi connectivity index (χ0n) is 13.8. The molecular formula is C18H29N3. The third-order valence-electron chi connectivity index (χ3n) is 4.99. The van der Waals surface area contributed by atoms with E-state index in [0.29, 0.717) is 0 Å². The Bertz CT molecular complexity index is 493. The summed E-state index contributed by atoms with van der Waals surface area (Å²) in [5.74, 6) is 2.09. The number of piperidine rings is 1. The van der Waals surface area contributed by atoms with Crippen molar-refractivity contribution in [2.75, 3.05) is 18.0 Å². The lowest BCUT2D eigenvalue weighted by molar-refractivity contribution is 0.402. The molecule has 1 aliphatic heterocycles. The molecule has 1 aliphatic carbocycles. The Balaban J connectivity index is 1.83. The number of pyridine rings is 1. The SMILES string of the molecule is CCC1CCCN(c2nc(C)cc(C)c2CNC2CC2)C1. The predicted octanol–water partition coefficient (Wildman–Crippen LogP) is 3.58. The molecule has 3 heteroatoms. The summed E-state index contributed by atoms with van der Waals surface area (Å²) in [4.78, 5) is 7.45. The molecule has 1 unspecified atom stereocenters.